The number of esters is 1. The molecule has 0 aromatic heterocycles. The number of carbonyl (C=O) groups excluding carboxylic acids is 1. The van der Waals surface area contributed by atoms with E-state index in [0.717, 1.165) is 11.1 Å². The molecule has 0 atom stereocenters. The van der Waals surface area contributed by atoms with Crippen molar-refractivity contribution < 1.29 is 9.53 Å². The Balaban J connectivity index is 2.02. The Bertz CT molecular complexity index is 630. The van der Waals surface area contributed by atoms with Crippen LogP contribution in [-0.2, 0) is 11.3 Å². The van der Waals surface area contributed by atoms with Crippen molar-refractivity contribution >= 4 is 11.7 Å². The van der Waals surface area contributed by atoms with E-state index in [1.165, 1.54) is 5.56 Å². The van der Waals surface area contributed by atoms with E-state index in [1.807, 2.05) is 25.1 Å². The fraction of sp³-hybridized carbons (Fsp3) is 0.278. The SMILES string of the molecule is Cc1ccc(N)c(C(=O)OCc2ccc(C(C)C)cc2)c1. The lowest BCUT2D eigenvalue weighted by molar-refractivity contribution is 0.0474. The average Bonchev–Trinajstić information content (AvgIpc) is 2.47. The molecule has 0 aliphatic carbocycles. The molecule has 0 bridgehead atoms. The van der Waals surface area contributed by atoms with E-state index < -0.39 is 0 Å². The largest absolute Gasteiger partial charge is 0.457 e. The number of nitrogens with two attached hydrogens (primary N) is 1. The summed E-state index contributed by atoms with van der Waals surface area (Å²) in [5, 5.41) is 0. The second kappa shape index (κ2) is 6.44. The van der Waals surface area contributed by atoms with E-state index >= 15 is 0 Å². The van der Waals surface area contributed by atoms with Gasteiger partial charge in [0, 0.05) is 5.69 Å². The Morgan fingerprint density at radius 2 is 1.81 bits per heavy atom. The van der Waals surface area contributed by atoms with Crippen LogP contribution in [-0.4, -0.2) is 5.97 Å². The molecule has 2 aromatic rings. The number of rotatable bonds is 4. The van der Waals surface area contributed by atoms with Crippen molar-refractivity contribution in [1.82, 2.24) is 0 Å². The summed E-state index contributed by atoms with van der Waals surface area (Å²) in [5.41, 5.74) is 9.91. The number of hydrogen-bond donors (Lipinski definition) is 1. The molecule has 21 heavy (non-hydrogen) atoms. The highest BCUT2D eigenvalue weighted by Gasteiger charge is 2.11. The molecule has 3 heteroatoms. The summed E-state index contributed by atoms with van der Waals surface area (Å²) in [6, 6.07) is 13.5. The summed E-state index contributed by atoms with van der Waals surface area (Å²) < 4.78 is 5.33. The van der Waals surface area contributed by atoms with Crippen LogP contribution in [0, 0.1) is 6.92 Å². The molecule has 0 aliphatic rings. The number of ether oxygens (including phenoxy) is 1. The number of benzene rings is 2. The first-order valence-corrected chi connectivity index (χ1v) is 7.09. The third-order valence-electron chi connectivity index (χ3n) is 3.45. The Morgan fingerprint density at radius 3 is 2.43 bits per heavy atom. The van der Waals surface area contributed by atoms with Crippen molar-refractivity contribution in [2.45, 2.75) is 33.3 Å². The highest BCUT2D eigenvalue weighted by molar-refractivity contribution is 5.95. The summed E-state index contributed by atoms with van der Waals surface area (Å²) in [5.74, 6) is 0.109. The first-order chi connectivity index (χ1) is 9.97. The Morgan fingerprint density at radius 1 is 1.14 bits per heavy atom. The standard InChI is InChI=1S/C18H21NO2/c1-12(2)15-7-5-14(6-8-15)11-21-18(20)16-10-13(3)4-9-17(16)19/h4-10,12H,11,19H2,1-3H3. The normalized spacial score (nSPS) is 10.7. The first kappa shape index (κ1) is 15.1. The van der Waals surface area contributed by atoms with Gasteiger partial charge in [-0.3, -0.25) is 0 Å². The highest BCUT2D eigenvalue weighted by Crippen LogP contribution is 2.17. The summed E-state index contributed by atoms with van der Waals surface area (Å²) in [6.45, 7) is 6.47. The van der Waals surface area contributed by atoms with E-state index in [0.29, 0.717) is 17.2 Å². The molecule has 3 nitrogen and oxygen atoms in total. The summed E-state index contributed by atoms with van der Waals surface area (Å²) in [7, 11) is 0. The summed E-state index contributed by atoms with van der Waals surface area (Å²) in [6.07, 6.45) is 0. The lowest BCUT2D eigenvalue weighted by Gasteiger charge is -2.09. The summed E-state index contributed by atoms with van der Waals surface area (Å²) in [4.78, 5) is 12.1. The number of carbonyl (C=O) groups is 1. The van der Waals surface area contributed by atoms with Gasteiger partial charge in [-0.1, -0.05) is 49.7 Å². The first-order valence-electron chi connectivity index (χ1n) is 7.09. The van der Waals surface area contributed by atoms with Gasteiger partial charge in [0.05, 0.1) is 5.56 Å². The van der Waals surface area contributed by atoms with Gasteiger partial charge >= 0.3 is 5.97 Å². The predicted octanol–water partition coefficient (Wildman–Crippen LogP) is 4.06. The maximum atomic E-state index is 12.1. The van der Waals surface area contributed by atoms with Crippen LogP contribution in [0.2, 0.25) is 0 Å². The van der Waals surface area contributed by atoms with Gasteiger partial charge in [0.25, 0.3) is 0 Å². The van der Waals surface area contributed by atoms with Gasteiger partial charge in [0.1, 0.15) is 6.61 Å². The van der Waals surface area contributed by atoms with Gasteiger partial charge in [-0.15, -0.1) is 0 Å². The van der Waals surface area contributed by atoms with Crippen molar-refractivity contribution in [3.05, 3.63) is 64.7 Å². The maximum absolute atomic E-state index is 12.1. The van der Waals surface area contributed by atoms with E-state index in [9.17, 15) is 4.79 Å². The molecule has 0 amide bonds. The lowest BCUT2D eigenvalue weighted by atomic mass is 10.0. The van der Waals surface area contributed by atoms with E-state index in [1.54, 1.807) is 12.1 Å². The predicted molar refractivity (Wildman–Crippen MR) is 85.2 cm³/mol. The number of hydrogen-bond acceptors (Lipinski definition) is 3. The smallest absolute Gasteiger partial charge is 0.340 e. The van der Waals surface area contributed by atoms with E-state index in [-0.39, 0.29) is 12.6 Å². The molecular weight excluding hydrogens is 262 g/mol. The molecule has 0 aliphatic heterocycles. The third kappa shape index (κ3) is 3.85. The minimum Gasteiger partial charge on any atom is -0.457 e. The molecule has 0 saturated carbocycles. The zero-order valence-electron chi connectivity index (χ0n) is 12.7. The van der Waals surface area contributed by atoms with Crippen LogP contribution in [0.1, 0.15) is 46.8 Å². The van der Waals surface area contributed by atoms with Crippen LogP contribution >= 0.6 is 0 Å². The third-order valence-corrected chi connectivity index (χ3v) is 3.45. The van der Waals surface area contributed by atoms with Crippen LogP contribution in [0.3, 0.4) is 0 Å². The number of aryl methyl sites for hydroxylation is 1. The highest BCUT2D eigenvalue weighted by atomic mass is 16.5. The fourth-order valence-electron chi connectivity index (χ4n) is 2.07. The Kier molecular flexibility index (Phi) is 4.63. The second-order valence-corrected chi connectivity index (χ2v) is 5.56. The minimum atomic E-state index is -0.385. The molecule has 0 fully saturated rings. The van der Waals surface area contributed by atoms with Crippen molar-refractivity contribution in [2.24, 2.45) is 0 Å². The zero-order chi connectivity index (χ0) is 15.4. The van der Waals surface area contributed by atoms with Gasteiger partial charge in [-0.2, -0.15) is 0 Å². The molecule has 0 unspecified atom stereocenters. The molecule has 2 rings (SSSR count). The molecule has 0 spiro atoms. The minimum absolute atomic E-state index is 0.255. The summed E-state index contributed by atoms with van der Waals surface area (Å²) >= 11 is 0. The van der Waals surface area contributed by atoms with Gasteiger partial charge in [0.2, 0.25) is 0 Å². The van der Waals surface area contributed by atoms with Crippen molar-refractivity contribution in [3.8, 4) is 0 Å². The van der Waals surface area contributed by atoms with Crippen molar-refractivity contribution in [2.75, 3.05) is 5.73 Å². The number of nitrogen functional groups attached to an aromatic ring is 1. The molecule has 0 heterocycles. The fourth-order valence-corrected chi connectivity index (χ4v) is 2.07. The van der Waals surface area contributed by atoms with E-state index in [4.69, 9.17) is 10.5 Å². The Hall–Kier alpha value is -2.29. The van der Waals surface area contributed by atoms with Crippen LogP contribution in [0.5, 0.6) is 0 Å². The molecule has 0 saturated heterocycles. The molecule has 2 N–H and O–H groups in total. The van der Waals surface area contributed by atoms with Gasteiger partial charge in [0.15, 0.2) is 0 Å². The van der Waals surface area contributed by atoms with Crippen LogP contribution < -0.4 is 5.73 Å². The quantitative estimate of drug-likeness (QED) is 0.680. The topological polar surface area (TPSA) is 52.3 Å². The van der Waals surface area contributed by atoms with Crippen LogP contribution in [0.15, 0.2) is 42.5 Å². The average molecular weight is 283 g/mol. The van der Waals surface area contributed by atoms with Gasteiger partial charge < -0.3 is 10.5 Å². The molecule has 110 valence electrons. The zero-order valence-corrected chi connectivity index (χ0v) is 12.7. The van der Waals surface area contributed by atoms with Gasteiger partial charge in [-0.25, -0.2) is 4.79 Å². The monoisotopic (exact) mass is 283 g/mol. The van der Waals surface area contributed by atoms with Crippen molar-refractivity contribution in [3.63, 3.8) is 0 Å². The second-order valence-electron chi connectivity index (χ2n) is 5.56. The maximum Gasteiger partial charge on any atom is 0.340 e. The van der Waals surface area contributed by atoms with Gasteiger partial charge in [-0.05, 0) is 36.1 Å². The molecule has 2 aromatic carbocycles. The lowest BCUT2D eigenvalue weighted by Crippen LogP contribution is -2.08. The Labute approximate surface area is 125 Å². The van der Waals surface area contributed by atoms with E-state index in [2.05, 4.69) is 26.0 Å². The molecular formula is C18H21NO2. The molecule has 0 radical (unpaired) electrons. The number of anilines is 1. The van der Waals surface area contributed by atoms with Crippen LogP contribution in [0.25, 0.3) is 0 Å². The van der Waals surface area contributed by atoms with Crippen LogP contribution in [0.4, 0.5) is 5.69 Å². The van der Waals surface area contributed by atoms with Crippen molar-refractivity contribution in [1.29, 1.82) is 0 Å².